The fourth-order valence-electron chi connectivity index (χ4n) is 1.99. The quantitative estimate of drug-likeness (QED) is 0.580. The normalized spacial score (nSPS) is 23.2. The second kappa shape index (κ2) is 3.18. The second-order valence-corrected chi connectivity index (χ2v) is 3.61. The molecule has 2 aliphatic rings. The zero-order chi connectivity index (χ0) is 8.39. The highest BCUT2D eigenvalue weighted by atomic mass is 14.6. The second-order valence-electron chi connectivity index (χ2n) is 3.61. The van der Waals surface area contributed by atoms with Gasteiger partial charge in [0.25, 0.3) is 0 Å². The van der Waals surface area contributed by atoms with Gasteiger partial charge in [-0.1, -0.05) is 17.7 Å². The first-order chi connectivity index (χ1) is 5.86. The van der Waals surface area contributed by atoms with Gasteiger partial charge in [0.2, 0.25) is 0 Å². The van der Waals surface area contributed by atoms with E-state index in [1.54, 1.807) is 5.57 Å². The summed E-state index contributed by atoms with van der Waals surface area (Å²) >= 11 is 0. The topological polar surface area (TPSA) is 26.0 Å². The summed E-state index contributed by atoms with van der Waals surface area (Å²) in [6.07, 6.45) is 12.6. The summed E-state index contributed by atoms with van der Waals surface area (Å²) in [5.74, 6) is 0. The van der Waals surface area contributed by atoms with E-state index in [9.17, 15) is 0 Å². The lowest BCUT2D eigenvalue weighted by Crippen LogP contribution is -2.02. The van der Waals surface area contributed by atoms with Gasteiger partial charge in [-0.15, -0.1) is 0 Å². The molecule has 0 heterocycles. The smallest absolute Gasteiger partial charge is 0.0122 e. The first-order valence-corrected chi connectivity index (χ1v) is 4.70. The molecule has 0 unspecified atom stereocenters. The molecule has 0 atom stereocenters. The van der Waals surface area contributed by atoms with Crippen molar-refractivity contribution < 1.29 is 0 Å². The molecule has 0 fully saturated rings. The molecule has 0 amide bonds. The van der Waals surface area contributed by atoms with Gasteiger partial charge in [-0.05, 0) is 37.3 Å². The Balaban J connectivity index is 2.27. The first kappa shape index (κ1) is 7.66. The fraction of sp³-hybridized carbons (Fsp3) is 0.455. The first-order valence-electron chi connectivity index (χ1n) is 4.70. The maximum Gasteiger partial charge on any atom is 0.0122 e. The number of rotatable bonds is 0. The van der Waals surface area contributed by atoms with Crippen LogP contribution in [0, 0.1) is 0 Å². The Morgan fingerprint density at radius 2 is 2.00 bits per heavy atom. The predicted molar refractivity (Wildman–Crippen MR) is 51.5 cm³/mol. The SMILES string of the molecule is NC1=CC=CC2=C(CCCC2)C1. The molecule has 1 nitrogen and oxygen atoms in total. The molecule has 0 saturated heterocycles. The molecule has 12 heavy (non-hydrogen) atoms. The highest BCUT2D eigenvalue weighted by Gasteiger charge is 2.12. The van der Waals surface area contributed by atoms with Crippen molar-refractivity contribution in [1.29, 1.82) is 0 Å². The lowest BCUT2D eigenvalue weighted by molar-refractivity contribution is 0.669. The summed E-state index contributed by atoms with van der Waals surface area (Å²) in [7, 11) is 0. The van der Waals surface area contributed by atoms with E-state index < -0.39 is 0 Å². The van der Waals surface area contributed by atoms with E-state index in [-0.39, 0.29) is 0 Å². The van der Waals surface area contributed by atoms with Crippen molar-refractivity contribution in [1.82, 2.24) is 0 Å². The zero-order valence-corrected chi connectivity index (χ0v) is 7.34. The molecule has 0 aliphatic heterocycles. The molecule has 2 rings (SSSR count). The Hall–Kier alpha value is -0.980. The Labute approximate surface area is 73.6 Å². The van der Waals surface area contributed by atoms with Crippen LogP contribution in [0.5, 0.6) is 0 Å². The number of hydrogen-bond donors (Lipinski definition) is 1. The third-order valence-electron chi connectivity index (χ3n) is 2.65. The summed E-state index contributed by atoms with van der Waals surface area (Å²) < 4.78 is 0. The van der Waals surface area contributed by atoms with Crippen molar-refractivity contribution in [3.63, 3.8) is 0 Å². The van der Waals surface area contributed by atoms with Crippen molar-refractivity contribution in [2.45, 2.75) is 32.1 Å². The van der Waals surface area contributed by atoms with Gasteiger partial charge in [-0.25, -0.2) is 0 Å². The molecular formula is C11H15N. The van der Waals surface area contributed by atoms with Gasteiger partial charge in [0.05, 0.1) is 0 Å². The third-order valence-corrected chi connectivity index (χ3v) is 2.65. The number of nitrogens with two attached hydrogens (primary N) is 1. The Bertz CT molecular complexity index is 269. The van der Waals surface area contributed by atoms with Crippen molar-refractivity contribution in [2.24, 2.45) is 5.73 Å². The highest BCUT2D eigenvalue weighted by Crippen LogP contribution is 2.30. The van der Waals surface area contributed by atoms with E-state index in [2.05, 4.69) is 12.2 Å². The summed E-state index contributed by atoms with van der Waals surface area (Å²) in [6.45, 7) is 0. The Morgan fingerprint density at radius 1 is 1.17 bits per heavy atom. The zero-order valence-electron chi connectivity index (χ0n) is 7.34. The van der Waals surface area contributed by atoms with Crippen LogP contribution in [-0.2, 0) is 0 Å². The van der Waals surface area contributed by atoms with E-state index in [1.807, 2.05) is 6.08 Å². The van der Waals surface area contributed by atoms with Crippen molar-refractivity contribution >= 4 is 0 Å². The van der Waals surface area contributed by atoms with Crippen LogP contribution in [0.25, 0.3) is 0 Å². The van der Waals surface area contributed by atoms with E-state index in [1.165, 1.54) is 31.3 Å². The number of allylic oxidation sites excluding steroid dienone is 5. The predicted octanol–water partition coefficient (Wildman–Crippen LogP) is 2.66. The minimum absolute atomic E-state index is 1.00. The average molecular weight is 161 g/mol. The van der Waals surface area contributed by atoms with Gasteiger partial charge < -0.3 is 5.73 Å². The summed E-state index contributed by atoms with van der Waals surface area (Å²) in [4.78, 5) is 0. The lowest BCUT2D eigenvalue weighted by atomic mass is 9.90. The number of hydrogen-bond acceptors (Lipinski definition) is 1. The minimum atomic E-state index is 1.00. The summed E-state index contributed by atoms with van der Waals surface area (Å²) in [6, 6.07) is 0. The largest absolute Gasteiger partial charge is 0.402 e. The van der Waals surface area contributed by atoms with Crippen LogP contribution in [0.3, 0.4) is 0 Å². The molecule has 64 valence electrons. The molecule has 0 radical (unpaired) electrons. The molecule has 1 heteroatoms. The molecule has 2 N–H and O–H groups in total. The van der Waals surface area contributed by atoms with E-state index in [0.717, 1.165) is 12.1 Å². The molecule has 0 aromatic heterocycles. The Kier molecular flexibility index (Phi) is 2.03. The highest BCUT2D eigenvalue weighted by molar-refractivity contribution is 5.35. The fourth-order valence-corrected chi connectivity index (χ4v) is 1.99. The van der Waals surface area contributed by atoms with Crippen LogP contribution in [0.2, 0.25) is 0 Å². The van der Waals surface area contributed by atoms with Gasteiger partial charge >= 0.3 is 0 Å². The molecule has 0 bridgehead atoms. The standard InChI is InChI=1S/C11H15N/c12-11-7-3-6-9-4-1-2-5-10(9)8-11/h3,6-7H,1-2,4-5,8,12H2. The summed E-state index contributed by atoms with van der Waals surface area (Å²) in [5, 5.41) is 0. The van der Waals surface area contributed by atoms with Gasteiger partial charge in [0.15, 0.2) is 0 Å². The van der Waals surface area contributed by atoms with Crippen molar-refractivity contribution in [2.75, 3.05) is 0 Å². The van der Waals surface area contributed by atoms with Crippen LogP contribution >= 0.6 is 0 Å². The summed E-state index contributed by atoms with van der Waals surface area (Å²) in [5.41, 5.74) is 9.94. The maximum atomic E-state index is 5.82. The molecular weight excluding hydrogens is 146 g/mol. The lowest BCUT2D eigenvalue weighted by Gasteiger charge is -2.16. The molecule has 0 spiro atoms. The van der Waals surface area contributed by atoms with Gasteiger partial charge in [-0.2, -0.15) is 0 Å². The molecule has 2 aliphatic carbocycles. The van der Waals surface area contributed by atoms with E-state index in [0.29, 0.717) is 0 Å². The maximum absolute atomic E-state index is 5.82. The van der Waals surface area contributed by atoms with Gasteiger partial charge in [-0.3, -0.25) is 0 Å². The van der Waals surface area contributed by atoms with Crippen LogP contribution < -0.4 is 5.73 Å². The van der Waals surface area contributed by atoms with Gasteiger partial charge in [0.1, 0.15) is 0 Å². The van der Waals surface area contributed by atoms with Crippen LogP contribution in [0.15, 0.2) is 35.1 Å². The average Bonchev–Trinajstić information content (AvgIpc) is 2.25. The molecule has 0 aromatic carbocycles. The molecule has 0 saturated carbocycles. The van der Waals surface area contributed by atoms with Crippen LogP contribution in [-0.4, -0.2) is 0 Å². The van der Waals surface area contributed by atoms with Crippen molar-refractivity contribution in [3.05, 3.63) is 35.1 Å². The van der Waals surface area contributed by atoms with E-state index >= 15 is 0 Å². The minimum Gasteiger partial charge on any atom is -0.402 e. The van der Waals surface area contributed by atoms with Gasteiger partial charge in [0, 0.05) is 12.1 Å². The Morgan fingerprint density at radius 3 is 2.92 bits per heavy atom. The van der Waals surface area contributed by atoms with E-state index in [4.69, 9.17) is 5.73 Å². The molecule has 0 aromatic rings. The monoisotopic (exact) mass is 161 g/mol. The third kappa shape index (κ3) is 1.45. The van der Waals surface area contributed by atoms with Crippen LogP contribution in [0.1, 0.15) is 32.1 Å². The van der Waals surface area contributed by atoms with Crippen molar-refractivity contribution in [3.8, 4) is 0 Å². The van der Waals surface area contributed by atoms with Crippen LogP contribution in [0.4, 0.5) is 0 Å².